The number of benzene rings is 1. The van der Waals surface area contributed by atoms with Gasteiger partial charge in [0.1, 0.15) is 17.7 Å². The van der Waals surface area contributed by atoms with E-state index in [1.54, 1.807) is 16.7 Å². The fourth-order valence-corrected chi connectivity index (χ4v) is 3.17. The van der Waals surface area contributed by atoms with Gasteiger partial charge in [0.15, 0.2) is 0 Å². The number of hydrogen-bond acceptors (Lipinski definition) is 4. The zero-order chi connectivity index (χ0) is 18.5. The summed E-state index contributed by atoms with van der Waals surface area (Å²) in [7, 11) is 0. The van der Waals surface area contributed by atoms with Crippen molar-refractivity contribution in [2.75, 3.05) is 44.7 Å². The number of amides is 3. The lowest BCUT2D eigenvalue weighted by molar-refractivity contribution is -0.142. The molecule has 3 rings (SSSR count). The molecule has 0 aromatic heterocycles. The van der Waals surface area contributed by atoms with E-state index in [9.17, 15) is 14.0 Å². The van der Waals surface area contributed by atoms with Crippen molar-refractivity contribution in [3.05, 3.63) is 24.0 Å². The second-order valence-electron chi connectivity index (χ2n) is 6.32. The van der Waals surface area contributed by atoms with Crippen LogP contribution in [-0.4, -0.2) is 67.2 Å². The summed E-state index contributed by atoms with van der Waals surface area (Å²) in [5, 5.41) is 2.76. The summed E-state index contributed by atoms with van der Waals surface area (Å²) < 4.78 is 24.2. The molecule has 1 aromatic carbocycles. The first-order valence-electron chi connectivity index (χ1n) is 8.97. The van der Waals surface area contributed by atoms with Gasteiger partial charge in [0, 0.05) is 38.9 Å². The number of carbonyl (C=O) groups is 2. The summed E-state index contributed by atoms with van der Waals surface area (Å²) in [6.07, 6.45) is 1.35. The molecule has 2 aliphatic rings. The van der Waals surface area contributed by atoms with Crippen molar-refractivity contribution >= 4 is 17.6 Å². The average Bonchev–Trinajstić information content (AvgIpc) is 3.18. The molecule has 3 amide bonds. The third kappa shape index (κ3) is 4.24. The Balaban J connectivity index is 1.54. The summed E-state index contributed by atoms with van der Waals surface area (Å²) in [5.41, 5.74) is 0.427. The second kappa shape index (κ2) is 8.35. The molecule has 0 aliphatic carbocycles. The molecule has 2 fully saturated rings. The van der Waals surface area contributed by atoms with Crippen LogP contribution in [0.25, 0.3) is 0 Å². The Hall–Kier alpha value is -2.35. The Morgan fingerprint density at radius 1 is 1.27 bits per heavy atom. The van der Waals surface area contributed by atoms with Crippen molar-refractivity contribution < 1.29 is 23.5 Å². The average molecular weight is 365 g/mol. The van der Waals surface area contributed by atoms with Crippen LogP contribution < -0.4 is 10.1 Å². The summed E-state index contributed by atoms with van der Waals surface area (Å²) in [6, 6.07) is 3.71. The summed E-state index contributed by atoms with van der Waals surface area (Å²) in [4.78, 5) is 28.2. The van der Waals surface area contributed by atoms with Gasteiger partial charge in [-0.2, -0.15) is 0 Å². The molecular weight excluding hydrogens is 341 g/mol. The molecule has 1 atom stereocenters. The van der Waals surface area contributed by atoms with E-state index in [4.69, 9.17) is 9.47 Å². The molecule has 8 heteroatoms. The zero-order valence-electron chi connectivity index (χ0n) is 14.9. The number of halogens is 1. The molecule has 142 valence electrons. The molecule has 0 spiro atoms. The highest BCUT2D eigenvalue weighted by Crippen LogP contribution is 2.26. The van der Waals surface area contributed by atoms with Crippen molar-refractivity contribution in [3.8, 4) is 5.75 Å². The normalized spacial score (nSPS) is 20.2. The molecule has 2 saturated heterocycles. The van der Waals surface area contributed by atoms with E-state index in [-0.39, 0.29) is 18.0 Å². The van der Waals surface area contributed by atoms with Gasteiger partial charge in [-0.1, -0.05) is 0 Å². The van der Waals surface area contributed by atoms with E-state index in [2.05, 4.69) is 5.32 Å². The van der Waals surface area contributed by atoms with Gasteiger partial charge in [-0.25, -0.2) is 9.18 Å². The van der Waals surface area contributed by atoms with Crippen LogP contribution in [0, 0.1) is 5.82 Å². The Morgan fingerprint density at radius 3 is 2.65 bits per heavy atom. The fraction of sp³-hybridized carbons (Fsp3) is 0.556. The first kappa shape index (κ1) is 18.4. The van der Waals surface area contributed by atoms with Gasteiger partial charge in [0.25, 0.3) is 5.91 Å². The molecular formula is C18H24FN3O4. The van der Waals surface area contributed by atoms with E-state index in [1.807, 2.05) is 0 Å². The summed E-state index contributed by atoms with van der Waals surface area (Å²) in [5.74, 6) is -0.111. The van der Waals surface area contributed by atoms with Gasteiger partial charge >= 0.3 is 6.03 Å². The monoisotopic (exact) mass is 365 g/mol. The molecule has 26 heavy (non-hydrogen) atoms. The third-order valence-corrected chi connectivity index (χ3v) is 4.57. The Labute approximate surface area is 152 Å². The van der Waals surface area contributed by atoms with Crippen molar-refractivity contribution in [2.24, 2.45) is 0 Å². The number of nitrogens with one attached hydrogen (secondary N) is 1. The minimum Gasteiger partial charge on any atom is -0.492 e. The smallest absolute Gasteiger partial charge is 0.322 e. The number of rotatable bonds is 4. The zero-order valence-corrected chi connectivity index (χ0v) is 14.9. The van der Waals surface area contributed by atoms with Gasteiger partial charge in [-0.05, 0) is 31.9 Å². The van der Waals surface area contributed by atoms with E-state index in [0.717, 1.165) is 12.8 Å². The number of urea groups is 1. The molecule has 0 saturated carbocycles. The van der Waals surface area contributed by atoms with Crippen molar-refractivity contribution in [2.45, 2.75) is 25.9 Å². The Kier molecular flexibility index (Phi) is 5.92. The molecule has 2 aliphatic heterocycles. The molecule has 0 bridgehead atoms. The summed E-state index contributed by atoms with van der Waals surface area (Å²) >= 11 is 0. The van der Waals surface area contributed by atoms with Gasteiger partial charge in [0.05, 0.1) is 12.3 Å². The van der Waals surface area contributed by atoms with E-state index in [0.29, 0.717) is 50.8 Å². The minimum absolute atomic E-state index is 0.0136. The van der Waals surface area contributed by atoms with E-state index < -0.39 is 5.82 Å². The quantitative estimate of drug-likeness (QED) is 0.887. The lowest BCUT2D eigenvalue weighted by Crippen LogP contribution is -2.53. The maximum Gasteiger partial charge on any atom is 0.322 e. The highest BCUT2D eigenvalue weighted by molar-refractivity contribution is 5.91. The van der Waals surface area contributed by atoms with Gasteiger partial charge in [-0.3, -0.25) is 4.79 Å². The lowest BCUT2D eigenvalue weighted by Gasteiger charge is -2.35. The number of piperazine rings is 1. The standard InChI is InChI=1S/C18H24FN3O4/c1-2-25-16-12-13(19)5-6-14(16)20-18(24)22-9-7-21(8-10-22)17(23)15-4-3-11-26-15/h5-6,12,15H,2-4,7-11H2,1H3,(H,20,24). The van der Waals surface area contributed by atoms with Gasteiger partial charge < -0.3 is 24.6 Å². The van der Waals surface area contributed by atoms with Gasteiger partial charge in [-0.15, -0.1) is 0 Å². The molecule has 7 nitrogen and oxygen atoms in total. The second-order valence-corrected chi connectivity index (χ2v) is 6.32. The van der Waals surface area contributed by atoms with Crippen molar-refractivity contribution in [1.29, 1.82) is 0 Å². The summed E-state index contributed by atoms with van der Waals surface area (Å²) in [6.45, 7) is 4.64. The highest BCUT2D eigenvalue weighted by atomic mass is 19.1. The maximum absolute atomic E-state index is 13.4. The van der Waals surface area contributed by atoms with Crippen LogP contribution in [0.15, 0.2) is 18.2 Å². The number of ether oxygens (including phenoxy) is 2. The van der Waals surface area contributed by atoms with E-state index in [1.165, 1.54) is 18.2 Å². The largest absolute Gasteiger partial charge is 0.492 e. The number of nitrogens with zero attached hydrogens (tertiary/aromatic N) is 2. The van der Waals surface area contributed by atoms with Crippen LogP contribution in [0.1, 0.15) is 19.8 Å². The molecule has 1 N–H and O–H groups in total. The molecule has 1 aromatic rings. The highest BCUT2D eigenvalue weighted by Gasteiger charge is 2.31. The van der Waals surface area contributed by atoms with Crippen molar-refractivity contribution in [3.63, 3.8) is 0 Å². The van der Waals surface area contributed by atoms with Crippen LogP contribution in [0.3, 0.4) is 0 Å². The third-order valence-electron chi connectivity index (χ3n) is 4.57. The number of anilines is 1. The molecule has 0 radical (unpaired) electrons. The van der Waals surface area contributed by atoms with Crippen LogP contribution >= 0.6 is 0 Å². The van der Waals surface area contributed by atoms with Crippen molar-refractivity contribution in [1.82, 2.24) is 9.80 Å². The first-order chi connectivity index (χ1) is 12.6. The van der Waals surface area contributed by atoms with E-state index >= 15 is 0 Å². The van der Waals surface area contributed by atoms with Crippen LogP contribution in [0.4, 0.5) is 14.9 Å². The Morgan fingerprint density at radius 2 is 2.00 bits per heavy atom. The first-order valence-corrected chi connectivity index (χ1v) is 8.97. The fourth-order valence-electron chi connectivity index (χ4n) is 3.17. The van der Waals surface area contributed by atoms with Gasteiger partial charge in [0.2, 0.25) is 0 Å². The topological polar surface area (TPSA) is 71.1 Å². The lowest BCUT2D eigenvalue weighted by atomic mass is 10.2. The van der Waals surface area contributed by atoms with Crippen LogP contribution in [-0.2, 0) is 9.53 Å². The number of carbonyl (C=O) groups excluding carboxylic acids is 2. The molecule has 2 heterocycles. The number of hydrogen-bond donors (Lipinski definition) is 1. The predicted octanol–water partition coefficient (Wildman–Crippen LogP) is 2.08. The SMILES string of the molecule is CCOc1cc(F)ccc1NC(=O)N1CCN(C(=O)C2CCCO2)CC1. The van der Waals surface area contributed by atoms with Crippen LogP contribution in [0.5, 0.6) is 5.75 Å². The maximum atomic E-state index is 13.4. The minimum atomic E-state index is -0.423. The van der Waals surface area contributed by atoms with Crippen LogP contribution in [0.2, 0.25) is 0 Å². The predicted molar refractivity (Wildman–Crippen MR) is 93.7 cm³/mol. The molecule has 1 unspecified atom stereocenters. The Bertz CT molecular complexity index is 656.